The number of methoxy groups -OCH3 is 1. The normalized spacial score (nSPS) is 10.2. The highest BCUT2D eigenvalue weighted by Crippen LogP contribution is 2.25. The molecule has 1 radical (unpaired) electrons. The zero-order valence-electron chi connectivity index (χ0n) is 7.28. The van der Waals surface area contributed by atoms with Crippen LogP contribution < -0.4 is 4.74 Å². The van der Waals surface area contributed by atoms with E-state index in [1.54, 1.807) is 7.11 Å². The first-order chi connectivity index (χ1) is 6.31. The monoisotopic (exact) mass is 189 g/mol. The van der Waals surface area contributed by atoms with Gasteiger partial charge in [0.05, 0.1) is 7.11 Å². The summed E-state index contributed by atoms with van der Waals surface area (Å²) in [6.45, 7) is 0. The van der Waals surface area contributed by atoms with Gasteiger partial charge in [-0.15, -0.1) is 0 Å². The Kier molecular flexibility index (Phi) is 2.07. The molecule has 0 atom stereocenters. The van der Waals surface area contributed by atoms with Gasteiger partial charge in [-0.3, -0.25) is 0 Å². The Bertz CT molecular complexity index is 437. The van der Waals surface area contributed by atoms with Crippen molar-refractivity contribution < 1.29 is 4.74 Å². The van der Waals surface area contributed by atoms with Crippen molar-refractivity contribution >= 4 is 23.4 Å². The first-order valence-electron chi connectivity index (χ1n) is 4.05. The van der Waals surface area contributed by atoms with Crippen molar-refractivity contribution in [2.45, 2.75) is 4.90 Å². The molecule has 0 bridgehead atoms. The molecule has 0 amide bonds. The highest BCUT2D eigenvalue weighted by Gasteiger charge is 1.98. The van der Waals surface area contributed by atoms with Gasteiger partial charge in [0.25, 0.3) is 0 Å². The van der Waals surface area contributed by atoms with E-state index in [-0.39, 0.29) is 0 Å². The molecule has 0 spiro atoms. The lowest BCUT2D eigenvalue weighted by Gasteiger charge is -2.03. The van der Waals surface area contributed by atoms with Gasteiger partial charge in [-0.1, -0.05) is 24.8 Å². The topological polar surface area (TPSA) is 9.23 Å². The Balaban J connectivity index is 2.72. The third-order valence-corrected chi connectivity index (χ3v) is 2.40. The Labute approximate surface area is 82.7 Å². The van der Waals surface area contributed by atoms with Gasteiger partial charge >= 0.3 is 0 Å². The van der Waals surface area contributed by atoms with E-state index < -0.39 is 0 Å². The van der Waals surface area contributed by atoms with Crippen molar-refractivity contribution in [1.82, 2.24) is 0 Å². The van der Waals surface area contributed by atoms with Gasteiger partial charge < -0.3 is 4.74 Å². The van der Waals surface area contributed by atoms with Crippen LogP contribution >= 0.6 is 12.6 Å². The molecule has 0 heterocycles. The molecule has 0 saturated carbocycles. The van der Waals surface area contributed by atoms with Gasteiger partial charge in [0.15, 0.2) is 0 Å². The Morgan fingerprint density at radius 3 is 2.77 bits per heavy atom. The van der Waals surface area contributed by atoms with Gasteiger partial charge in [-0.25, -0.2) is 0 Å². The van der Waals surface area contributed by atoms with E-state index in [2.05, 4.69) is 0 Å². The molecule has 0 aromatic heterocycles. The minimum Gasteiger partial charge on any atom is -0.497 e. The Morgan fingerprint density at radius 1 is 1.15 bits per heavy atom. The van der Waals surface area contributed by atoms with E-state index in [4.69, 9.17) is 17.4 Å². The van der Waals surface area contributed by atoms with E-state index in [0.29, 0.717) is 0 Å². The van der Waals surface area contributed by atoms with Gasteiger partial charge in [-0.05, 0) is 35.0 Å². The van der Waals surface area contributed by atoms with Crippen LogP contribution in [0.15, 0.2) is 41.3 Å². The molecule has 0 fully saturated rings. The van der Waals surface area contributed by atoms with Crippen LogP contribution in [0.1, 0.15) is 0 Å². The minimum absolute atomic E-state index is 0.869. The summed E-state index contributed by atoms with van der Waals surface area (Å²) in [5, 5.41) is 2.24. The number of hydrogen-bond acceptors (Lipinski definition) is 1. The van der Waals surface area contributed by atoms with Crippen molar-refractivity contribution in [3.8, 4) is 5.75 Å². The van der Waals surface area contributed by atoms with Crippen LogP contribution in [0.5, 0.6) is 5.75 Å². The van der Waals surface area contributed by atoms with Crippen molar-refractivity contribution in [3.63, 3.8) is 0 Å². The van der Waals surface area contributed by atoms with Crippen LogP contribution in [0, 0.1) is 0 Å². The number of hydrogen-bond donors (Lipinski definition) is 0. The number of fused-ring (bicyclic) bond motifs is 1. The molecule has 0 unspecified atom stereocenters. The molecule has 0 aliphatic heterocycles. The van der Waals surface area contributed by atoms with Crippen LogP contribution in [-0.2, 0) is 0 Å². The second-order valence-corrected chi connectivity index (χ2v) is 3.28. The number of benzene rings is 2. The number of rotatable bonds is 1. The second kappa shape index (κ2) is 3.23. The molecule has 2 heteroatoms. The lowest BCUT2D eigenvalue weighted by Crippen LogP contribution is -1.82. The first-order valence-corrected chi connectivity index (χ1v) is 4.46. The molecule has 13 heavy (non-hydrogen) atoms. The Morgan fingerprint density at radius 2 is 2.00 bits per heavy atom. The maximum absolute atomic E-state index is 5.19. The predicted octanol–water partition coefficient (Wildman–Crippen LogP) is 3.40. The molecule has 1 nitrogen and oxygen atoms in total. The molecule has 65 valence electrons. The molecule has 0 aliphatic rings. The van der Waals surface area contributed by atoms with Gasteiger partial charge in [0, 0.05) is 4.90 Å². The first kappa shape index (κ1) is 8.32. The third-order valence-electron chi connectivity index (χ3n) is 2.05. The SMILES string of the molecule is COc1ccc2c([S])cccc2c1. The van der Waals surface area contributed by atoms with Crippen molar-refractivity contribution in [2.24, 2.45) is 0 Å². The zero-order valence-corrected chi connectivity index (χ0v) is 8.10. The summed E-state index contributed by atoms with van der Waals surface area (Å²) in [4.78, 5) is 0.889. The summed E-state index contributed by atoms with van der Waals surface area (Å²) in [6.07, 6.45) is 0. The molecule has 2 aromatic rings. The quantitative estimate of drug-likeness (QED) is 0.668. The van der Waals surface area contributed by atoms with Crippen LogP contribution in [-0.4, -0.2) is 7.11 Å². The molecule has 0 saturated heterocycles. The molecule has 0 aliphatic carbocycles. The van der Waals surface area contributed by atoms with Gasteiger partial charge in [-0.2, -0.15) is 0 Å². The maximum atomic E-state index is 5.19. The van der Waals surface area contributed by atoms with E-state index in [0.717, 1.165) is 21.4 Å². The summed E-state index contributed by atoms with van der Waals surface area (Å²) in [5.41, 5.74) is 0. The van der Waals surface area contributed by atoms with Gasteiger partial charge in [0.1, 0.15) is 5.75 Å². The second-order valence-electron chi connectivity index (χ2n) is 2.84. The average molecular weight is 189 g/mol. The van der Waals surface area contributed by atoms with Crippen LogP contribution in [0.2, 0.25) is 0 Å². The molecular formula is C11H9OS. The summed E-state index contributed by atoms with van der Waals surface area (Å²) in [5.74, 6) is 0.869. The fourth-order valence-electron chi connectivity index (χ4n) is 1.36. The average Bonchev–Trinajstić information content (AvgIpc) is 2.18. The molecule has 2 rings (SSSR count). The third kappa shape index (κ3) is 1.45. The van der Waals surface area contributed by atoms with Crippen molar-refractivity contribution in [3.05, 3.63) is 36.4 Å². The van der Waals surface area contributed by atoms with E-state index >= 15 is 0 Å². The zero-order chi connectivity index (χ0) is 9.26. The highest BCUT2D eigenvalue weighted by atomic mass is 32.1. The predicted molar refractivity (Wildman–Crippen MR) is 56.4 cm³/mol. The van der Waals surface area contributed by atoms with Crippen LogP contribution in [0.3, 0.4) is 0 Å². The molecular weight excluding hydrogens is 180 g/mol. The summed E-state index contributed by atoms with van der Waals surface area (Å²) in [7, 11) is 1.67. The van der Waals surface area contributed by atoms with Crippen LogP contribution in [0.25, 0.3) is 10.8 Å². The summed E-state index contributed by atoms with van der Waals surface area (Å²) in [6, 6.07) is 11.8. The van der Waals surface area contributed by atoms with Crippen molar-refractivity contribution in [1.29, 1.82) is 0 Å². The standard InChI is InChI=1S/C11H9OS/c1-12-9-5-6-10-8(7-9)3-2-4-11(10)13/h2-7H,1H3. The summed E-state index contributed by atoms with van der Waals surface area (Å²) < 4.78 is 5.13. The van der Waals surface area contributed by atoms with Crippen LogP contribution in [0.4, 0.5) is 0 Å². The number of ether oxygens (including phenoxy) is 1. The largest absolute Gasteiger partial charge is 0.497 e. The summed E-state index contributed by atoms with van der Waals surface area (Å²) >= 11 is 5.19. The highest BCUT2D eigenvalue weighted by molar-refractivity contribution is 7.80. The lowest BCUT2D eigenvalue weighted by atomic mass is 10.1. The maximum Gasteiger partial charge on any atom is 0.119 e. The fraction of sp³-hybridized carbons (Fsp3) is 0.0909. The minimum atomic E-state index is 0.869. The fourth-order valence-corrected chi connectivity index (χ4v) is 1.62. The smallest absolute Gasteiger partial charge is 0.119 e. The Hall–Kier alpha value is -1.28. The molecule has 0 N–H and O–H groups in total. The van der Waals surface area contributed by atoms with Gasteiger partial charge in [0.2, 0.25) is 0 Å². The molecule has 2 aromatic carbocycles. The lowest BCUT2D eigenvalue weighted by molar-refractivity contribution is 0.415. The van der Waals surface area contributed by atoms with Crippen molar-refractivity contribution in [2.75, 3.05) is 7.11 Å². The van der Waals surface area contributed by atoms with E-state index in [1.807, 2.05) is 36.4 Å². The van der Waals surface area contributed by atoms with E-state index in [9.17, 15) is 0 Å². The van der Waals surface area contributed by atoms with E-state index in [1.165, 1.54) is 0 Å².